The minimum Gasteiger partial charge on any atom is -0.493 e. The number of rotatable bonds is 2. The maximum Gasteiger partial charge on any atom is 0.335 e. The lowest BCUT2D eigenvalue weighted by Gasteiger charge is -2.02. The van der Waals surface area contributed by atoms with Gasteiger partial charge in [0.15, 0.2) is 0 Å². The van der Waals surface area contributed by atoms with E-state index in [4.69, 9.17) is 5.11 Å². The molecule has 0 saturated heterocycles. The number of H-pyrrole nitrogens is 1. The normalized spacial score (nSPS) is 10.2. The Kier molecular flexibility index (Phi) is 2.24. The smallest absolute Gasteiger partial charge is 0.335 e. The number of imidazole rings is 1. The number of carboxylic acid groups (broad SMARTS) is 1. The molecule has 6 nitrogen and oxygen atoms in total. The van der Waals surface area contributed by atoms with Crippen LogP contribution in [0, 0.1) is 0 Å². The molecule has 2 rings (SSSR count). The van der Waals surface area contributed by atoms with Gasteiger partial charge in [0.25, 0.3) is 0 Å². The second-order valence-corrected chi connectivity index (χ2v) is 3.14. The number of hydrogen-bond donors (Lipinski definition) is 3. The van der Waals surface area contributed by atoms with E-state index in [1.807, 2.05) is 0 Å². The summed E-state index contributed by atoms with van der Waals surface area (Å²) < 4.78 is 1.03. The van der Waals surface area contributed by atoms with Crippen LogP contribution >= 0.6 is 0 Å². The van der Waals surface area contributed by atoms with Crippen LogP contribution in [-0.4, -0.2) is 25.7 Å². The van der Waals surface area contributed by atoms with Gasteiger partial charge < -0.3 is 15.2 Å². The van der Waals surface area contributed by atoms with E-state index in [1.165, 1.54) is 24.3 Å². The van der Waals surface area contributed by atoms with Crippen molar-refractivity contribution in [1.82, 2.24) is 9.55 Å². The highest BCUT2D eigenvalue weighted by Crippen LogP contribution is 2.13. The van der Waals surface area contributed by atoms with E-state index < -0.39 is 11.7 Å². The molecule has 0 spiro atoms. The fourth-order valence-electron chi connectivity index (χ4n) is 1.36. The second kappa shape index (κ2) is 3.58. The topological polar surface area (TPSA) is 95.3 Å². The first kappa shape index (κ1) is 10.0. The van der Waals surface area contributed by atoms with E-state index in [1.54, 1.807) is 0 Å². The van der Waals surface area contributed by atoms with Crippen molar-refractivity contribution in [3.8, 4) is 11.6 Å². The minimum absolute atomic E-state index is 0.117. The van der Waals surface area contributed by atoms with Crippen LogP contribution in [0.5, 0.6) is 5.88 Å². The number of carboxylic acids is 1. The number of aromatic carboxylic acids is 1. The molecule has 0 fully saturated rings. The number of benzene rings is 1. The van der Waals surface area contributed by atoms with Gasteiger partial charge in [0.1, 0.15) is 0 Å². The van der Waals surface area contributed by atoms with Gasteiger partial charge in [-0.2, -0.15) is 0 Å². The van der Waals surface area contributed by atoms with Gasteiger partial charge in [-0.3, -0.25) is 0 Å². The van der Waals surface area contributed by atoms with Gasteiger partial charge in [-0.15, -0.1) is 0 Å². The van der Waals surface area contributed by atoms with Crippen molar-refractivity contribution < 1.29 is 15.0 Å². The van der Waals surface area contributed by atoms with Crippen LogP contribution in [0.15, 0.2) is 35.3 Å². The zero-order valence-corrected chi connectivity index (χ0v) is 8.04. The predicted octanol–water partition coefficient (Wildman–Crippen LogP) is 0.569. The molecule has 2 aromatic rings. The molecule has 1 heterocycles. The second-order valence-electron chi connectivity index (χ2n) is 3.14. The molecule has 0 atom stereocenters. The van der Waals surface area contributed by atoms with Crippen molar-refractivity contribution in [1.29, 1.82) is 0 Å². The molecule has 0 radical (unpaired) electrons. The van der Waals surface area contributed by atoms with E-state index in [-0.39, 0.29) is 11.4 Å². The number of nitrogens with one attached hydrogen (secondary N) is 1. The third-order valence-corrected chi connectivity index (χ3v) is 2.13. The molecule has 0 amide bonds. The molecule has 1 aromatic heterocycles. The van der Waals surface area contributed by atoms with Crippen LogP contribution in [0.4, 0.5) is 0 Å². The molecular weight excluding hydrogens is 212 g/mol. The summed E-state index contributed by atoms with van der Waals surface area (Å²) in [5.41, 5.74) is 0.0288. The monoisotopic (exact) mass is 220 g/mol. The number of aromatic hydroxyl groups is 1. The molecule has 3 N–H and O–H groups in total. The summed E-state index contributed by atoms with van der Waals surface area (Å²) in [6.07, 6.45) is 1.16. The van der Waals surface area contributed by atoms with Crippen molar-refractivity contribution in [3.05, 3.63) is 46.5 Å². The van der Waals surface area contributed by atoms with Gasteiger partial charge in [-0.1, -0.05) is 0 Å². The van der Waals surface area contributed by atoms with E-state index in [2.05, 4.69) is 4.98 Å². The van der Waals surface area contributed by atoms with E-state index >= 15 is 0 Å². The summed E-state index contributed by atoms with van der Waals surface area (Å²) in [5.74, 6) is -1.27. The first-order valence-corrected chi connectivity index (χ1v) is 4.42. The van der Waals surface area contributed by atoms with Crippen LogP contribution in [-0.2, 0) is 0 Å². The lowest BCUT2D eigenvalue weighted by Crippen LogP contribution is -2.14. The maximum atomic E-state index is 11.3. The number of aromatic amines is 1. The van der Waals surface area contributed by atoms with Gasteiger partial charge in [-0.25, -0.2) is 14.2 Å². The molecular formula is C10H8N2O4. The van der Waals surface area contributed by atoms with E-state index in [0.717, 1.165) is 10.8 Å². The van der Waals surface area contributed by atoms with Crippen molar-refractivity contribution in [3.63, 3.8) is 0 Å². The molecule has 6 heteroatoms. The van der Waals surface area contributed by atoms with Gasteiger partial charge >= 0.3 is 11.7 Å². The Hall–Kier alpha value is -2.50. The SMILES string of the molecule is O=C(O)c1ccc(-n2c(O)c[nH]c2=O)cc1. The molecule has 0 aliphatic carbocycles. The molecule has 82 valence electrons. The third-order valence-electron chi connectivity index (χ3n) is 2.13. The first-order chi connectivity index (χ1) is 7.59. The number of hydrogen-bond acceptors (Lipinski definition) is 3. The van der Waals surface area contributed by atoms with Crippen LogP contribution in [0.25, 0.3) is 5.69 Å². The summed E-state index contributed by atoms with van der Waals surface area (Å²) in [6.45, 7) is 0. The highest BCUT2D eigenvalue weighted by atomic mass is 16.4. The number of nitrogens with zero attached hydrogens (tertiary/aromatic N) is 1. The molecule has 1 aromatic carbocycles. The quantitative estimate of drug-likeness (QED) is 0.689. The Morgan fingerprint density at radius 2 is 1.88 bits per heavy atom. The Balaban J connectivity index is 2.50. The molecule has 0 saturated carbocycles. The van der Waals surface area contributed by atoms with Gasteiger partial charge in [-0.05, 0) is 24.3 Å². The number of aromatic nitrogens is 2. The van der Waals surface area contributed by atoms with Crippen LogP contribution < -0.4 is 5.69 Å². The Morgan fingerprint density at radius 3 is 2.31 bits per heavy atom. The Morgan fingerprint density at radius 1 is 1.25 bits per heavy atom. The molecule has 0 bridgehead atoms. The van der Waals surface area contributed by atoms with Crippen LogP contribution in [0.3, 0.4) is 0 Å². The van der Waals surface area contributed by atoms with E-state index in [0.29, 0.717) is 5.69 Å². The van der Waals surface area contributed by atoms with Crippen molar-refractivity contribution >= 4 is 5.97 Å². The van der Waals surface area contributed by atoms with Gasteiger partial charge in [0.2, 0.25) is 5.88 Å². The molecule has 0 unspecified atom stereocenters. The summed E-state index contributed by atoms with van der Waals surface area (Å²) in [6, 6.07) is 5.60. The van der Waals surface area contributed by atoms with E-state index in [9.17, 15) is 14.7 Å². The van der Waals surface area contributed by atoms with Gasteiger partial charge in [0, 0.05) is 0 Å². The van der Waals surface area contributed by atoms with Crippen molar-refractivity contribution in [2.45, 2.75) is 0 Å². The highest BCUT2D eigenvalue weighted by molar-refractivity contribution is 5.87. The molecule has 16 heavy (non-hydrogen) atoms. The van der Waals surface area contributed by atoms with Crippen molar-refractivity contribution in [2.75, 3.05) is 0 Å². The summed E-state index contributed by atoms with van der Waals surface area (Å²) >= 11 is 0. The lowest BCUT2D eigenvalue weighted by molar-refractivity contribution is 0.0697. The molecule has 0 aliphatic heterocycles. The Bertz CT molecular complexity index is 580. The van der Waals surface area contributed by atoms with Gasteiger partial charge in [0.05, 0.1) is 17.4 Å². The van der Waals surface area contributed by atoms with Crippen LogP contribution in [0.1, 0.15) is 10.4 Å². The first-order valence-electron chi connectivity index (χ1n) is 4.42. The lowest BCUT2D eigenvalue weighted by atomic mass is 10.2. The largest absolute Gasteiger partial charge is 0.493 e. The average Bonchev–Trinajstić information content (AvgIpc) is 2.59. The zero-order chi connectivity index (χ0) is 11.7. The summed E-state index contributed by atoms with van der Waals surface area (Å²) in [4.78, 5) is 24.2. The zero-order valence-electron chi connectivity index (χ0n) is 8.04. The fraction of sp³-hybridized carbons (Fsp3) is 0. The molecule has 0 aliphatic rings. The predicted molar refractivity (Wildman–Crippen MR) is 55.0 cm³/mol. The fourth-order valence-corrected chi connectivity index (χ4v) is 1.36. The summed E-state index contributed by atoms with van der Waals surface area (Å²) in [7, 11) is 0. The third kappa shape index (κ3) is 1.56. The summed E-state index contributed by atoms with van der Waals surface area (Å²) in [5, 5.41) is 18.1. The standard InChI is InChI=1S/C10H8N2O4/c13-8-5-11-10(16)12(8)7-3-1-6(2-4-7)9(14)15/h1-5,13H,(H,11,16)(H,14,15). The maximum absolute atomic E-state index is 11.3. The van der Waals surface area contributed by atoms with Crippen molar-refractivity contribution in [2.24, 2.45) is 0 Å². The average molecular weight is 220 g/mol. The minimum atomic E-state index is -1.04. The highest BCUT2D eigenvalue weighted by Gasteiger charge is 2.08. The Labute approximate surface area is 89.4 Å². The van der Waals surface area contributed by atoms with Crippen LogP contribution in [0.2, 0.25) is 0 Å². The number of carbonyl (C=O) groups is 1.